The Morgan fingerprint density at radius 2 is 1.82 bits per heavy atom. The van der Waals surface area contributed by atoms with E-state index in [9.17, 15) is 0 Å². The van der Waals surface area contributed by atoms with Crippen molar-refractivity contribution in [2.75, 3.05) is 0 Å². The summed E-state index contributed by atoms with van der Waals surface area (Å²) in [6.07, 6.45) is 5.19. The number of H-pyrrole nitrogens is 1. The van der Waals surface area contributed by atoms with E-state index < -0.39 is 0 Å². The van der Waals surface area contributed by atoms with Crippen LogP contribution in [-0.2, 0) is 6.42 Å². The third-order valence-corrected chi connectivity index (χ3v) is 4.60. The van der Waals surface area contributed by atoms with E-state index >= 15 is 0 Å². The van der Waals surface area contributed by atoms with E-state index in [-0.39, 0.29) is 0 Å². The molecule has 0 amide bonds. The zero-order chi connectivity index (χ0) is 14.8. The van der Waals surface area contributed by atoms with Crippen molar-refractivity contribution in [2.24, 2.45) is 0 Å². The van der Waals surface area contributed by atoms with Gasteiger partial charge >= 0.3 is 0 Å². The second-order valence-corrected chi connectivity index (χ2v) is 6.09. The average molecular weight is 303 g/mol. The number of aromatic amines is 1. The summed E-state index contributed by atoms with van der Waals surface area (Å²) >= 11 is 1.69. The molecule has 0 saturated carbocycles. The molecule has 0 fully saturated rings. The molecule has 0 aliphatic heterocycles. The van der Waals surface area contributed by atoms with Gasteiger partial charge in [-0.05, 0) is 18.1 Å². The number of para-hydroxylation sites is 1. The Hall–Kier alpha value is -2.39. The van der Waals surface area contributed by atoms with E-state index in [1.807, 2.05) is 18.2 Å². The van der Waals surface area contributed by atoms with E-state index in [2.05, 4.69) is 59.4 Å². The number of hydrogen-bond acceptors (Lipinski definition) is 2. The molecule has 1 radical (unpaired) electrons. The van der Waals surface area contributed by atoms with E-state index in [1.165, 1.54) is 22.0 Å². The maximum absolute atomic E-state index is 4.71. The van der Waals surface area contributed by atoms with Gasteiger partial charge in [0.05, 0.1) is 10.7 Å². The largest absolute Gasteiger partial charge is 0.361 e. The highest BCUT2D eigenvalue weighted by Gasteiger charge is 2.07. The van der Waals surface area contributed by atoms with Crippen LogP contribution >= 0.6 is 11.3 Å². The summed E-state index contributed by atoms with van der Waals surface area (Å²) in [6.45, 7) is 0. The number of rotatable bonds is 4. The van der Waals surface area contributed by atoms with Crippen molar-refractivity contribution < 1.29 is 0 Å². The maximum atomic E-state index is 4.71. The van der Waals surface area contributed by atoms with Crippen molar-refractivity contribution in [1.82, 2.24) is 9.97 Å². The lowest BCUT2D eigenvalue weighted by atomic mass is 10.1. The first-order chi connectivity index (χ1) is 10.9. The summed E-state index contributed by atoms with van der Waals surface area (Å²) in [5.41, 5.74) is 4.73. The Labute approximate surface area is 133 Å². The van der Waals surface area contributed by atoms with Crippen LogP contribution in [0.3, 0.4) is 0 Å². The first kappa shape index (κ1) is 13.3. The van der Waals surface area contributed by atoms with Crippen LogP contribution in [0, 0.1) is 6.42 Å². The van der Waals surface area contributed by atoms with E-state index in [0.29, 0.717) is 0 Å². The van der Waals surface area contributed by atoms with Crippen molar-refractivity contribution in [3.8, 4) is 11.3 Å². The van der Waals surface area contributed by atoms with Crippen molar-refractivity contribution in [3.05, 3.63) is 83.2 Å². The van der Waals surface area contributed by atoms with E-state index in [1.54, 1.807) is 11.3 Å². The van der Waals surface area contributed by atoms with Crippen molar-refractivity contribution in [3.63, 3.8) is 0 Å². The molecule has 1 N–H and O–H groups in total. The number of nitrogens with one attached hydrogen (secondary N) is 1. The summed E-state index contributed by atoms with van der Waals surface area (Å²) in [5, 5.41) is 4.49. The second-order valence-electron chi connectivity index (χ2n) is 5.20. The number of benzene rings is 2. The SMILES string of the molecule is [CH](Cc1c[nH]c2ccccc12)c1nc(-c2ccccc2)cs1. The fourth-order valence-corrected chi connectivity index (χ4v) is 3.37. The Morgan fingerprint density at radius 3 is 2.73 bits per heavy atom. The molecule has 2 heterocycles. The molecule has 0 bridgehead atoms. The average Bonchev–Trinajstić information content (AvgIpc) is 3.21. The van der Waals surface area contributed by atoms with Gasteiger partial charge in [0.25, 0.3) is 0 Å². The highest BCUT2D eigenvalue weighted by Crippen LogP contribution is 2.25. The Kier molecular flexibility index (Phi) is 3.49. The second kappa shape index (κ2) is 5.78. The maximum Gasteiger partial charge on any atom is 0.0974 e. The number of aromatic nitrogens is 2. The first-order valence-electron chi connectivity index (χ1n) is 7.29. The highest BCUT2D eigenvalue weighted by molar-refractivity contribution is 7.10. The molecule has 0 aliphatic carbocycles. The molecular weight excluding hydrogens is 288 g/mol. The van der Waals surface area contributed by atoms with Crippen LogP contribution in [0.25, 0.3) is 22.2 Å². The monoisotopic (exact) mass is 303 g/mol. The lowest BCUT2D eigenvalue weighted by molar-refractivity contribution is 1.15. The third-order valence-electron chi connectivity index (χ3n) is 3.76. The van der Waals surface area contributed by atoms with Crippen molar-refractivity contribution >= 4 is 22.2 Å². The van der Waals surface area contributed by atoms with Crippen LogP contribution in [0.15, 0.2) is 66.2 Å². The normalized spacial score (nSPS) is 11.1. The molecule has 2 aromatic carbocycles. The first-order valence-corrected chi connectivity index (χ1v) is 8.17. The number of hydrogen-bond donors (Lipinski definition) is 1. The van der Waals surface area contributed by atoms with Crippen LogP contribution < -0.4 is 0 Å². The molecule has 2 nitrogen and oxygen atoms in total. The van der Waals surface area contributed by atoms with Crippen LogP contribution in [0.2, 0.25) is 0 Å². The number of nitrogens with zero attached hydrogens (tertiary/aromatic N) is 1. The minimum absolute atomic E-state index is 0.895. The molecular formula is C19H15N2S. The summed E-state index contributed by atoms with van der Waals surface area (Å²) in [4.78, 5) is 8.03. The van der Waals surface area contributed by atoms with Gasteiger partial charge in [-0.2, -0.15) is 0 Å². The molecule has 0 aliphatic rings. The summed E-state index contributed by atoms with van der Waals surface area (Å²) in [5.74, 6) is 0. The smallest absolute Gasteiger partial charge is 0.0974 e. The fraction of sp³-hybridized carbons (Fsp3) is 0.0526. The van der Waals surface area contributed by atoms with Gasteiger partial charge in [-0.1, -0.05) is 48.5 Å². The quantitative estimate of drug-likeness (QED) is 0.559. The molecule has 0 saturated heterocycles. The molecule has 22 heavy (non-hydrogen) atoms. The van der Waals surface area contributed by atoms with Gasteiger partial charge in [0.15, 0.2) is 0 Å². The molecule has 4 rings (SSSR count). The molecule has 4 aromatic rings. The lowest BCUT2D eigenvalue weighted by Crippen LogP contribution is -1.87. The fourth-order valence-electron chi connectivity index (χ4n) is 2.62. The molecule has 0 spiro atoms. The molecule has 0 atom stereocenters. The highest BCUT2D eigenvalue weighted by atomic mass is 32.1. The van der Waals surface area contributed by atoms with Crippen LogP contribution in [0.5, 0.6) is 0 Å². The minimum atomic E-state index is 0.895. The van der Waals surface area contributed by atoms with E-state index in [0.717, 1.165) is 17.1 Å². The predicted octanol–water partition coefficient (Wildman–Crippen LogP) is 5.09. The van der Waals surface area contributed by atoms with Gasteiger partial charge in [0.2, 0.25) is 0 Å². The number of fused-ring (bicyclic) bond motifs is 1. The zero-order valence-electron chi connectivity index (χ0n) is 12.0. The molecule has 0 unspecified atom stereocenters. The summed E-state index contributed by atoms with van der Waals surface area (Å²) in [7, 11) is 0. The van der Waals surface area contributed by atoms with Gasteiger partial charge in [0.1, 0.15) is 0 Å². The summed E-state index contributed by atoms with van der Waals surface area (Å²) < 4.78 is 0. The van der Waals surface area contributed by atoms with Gasteiger partial charge in [0, 0.05) is 34.5 Å². The molecule has 107 valence electrons. The topological polar surface area (TPSA) is 28.7 Å². The van der Waals surface area contributed by atoms with Crippen molar-refractivity contribution in [1.29, 1.82) is 0 Å². The number of thiazole rings is 1. The Morgan fingerprint density at radius 1 is 1.00 bits per heavy atom. The molecule has 3 heteroatoms. The van der Waals surface area contributed by atoms with Gasteiger partial charge in [-0.25, -0.2) is 4.98 Å². The Balaban J connectivity index is 1.52. The lowest BCUT2D eigenvalue weighted by Gasteiger charge is -1.97. The van der Waals surface area contributed by atoms with Crippen LogP contribution in [-0.4, -0.2) is 9.97 Å². The minimum Gasteiger partial charge on any atom is -0.361 e. The van der Waals surface area contributed by atoms with Crippen molar-refractivity contribution in [2.45, 2.75) is 6.42 Å². The van der Waals surface area contributed by atoms with Gasteiger partial charge < -0.3 is 4.98 Å². The predicted molar refractivity (Wildman–Crippen MR) is 93.0 cm³/mol. The summed E-state index contributed by atoms with van der Waals surface area (Å²) in [6, 6.07) is 18.7. The zero-order valence-corrected chi connectivity index (χ0v) is 12.8. The van der Waals surface area contributed by atoms with E-state index in [4.69, 9.17) is 4.98 Å². The van der Waals surface area contributed by atoms with Gasteiger partial charge in [-0.15, -0.1) is 11.3 Å². The van der Waals surface area contributed by atoms with Crippen LogP contribution in [0.4, 0.5) is 0 Å². The standard InChI is InChI=1S/C19H15N2S/c1-2-6-14(7-3-1)18-13-22-19(21-18)11-10-15-12-20-17-9-5-4-8-16(15)17/h1-9,11-13,20H,10H2. The molecule has 2 aromatic heterocycles. The Bertz CT molecular complexity index is 890. The third kappa shape index (κ3) is 2.55. The van der Waals surface area contributed by atoms with Crippen LogP contribution in [0.1, 0.15) is 10.6 Å². The van der Waals surface area contributed by atoms with Gasteiger partial charge in [-0.3, -0.25) is 0 Å².